The molecule has 0 aliphatic rings. The molecule has 0 radical (unpaired) electrons. The molecule has 0 aromatic heterocycles. The molecule has 0 N–H and O–H groups in total. The molecule has 78 valence electrons. The Balaban J connectivity index is 0. The lowest BCUT2D eigenvalue weighted by Gasteiger charge is -1.97. The number of rotatable bonds is 4. The van der Waals surface area contributed by atoms with E-state index in [1.807, 2.05) is 13.8 Å². The van der Waals surface area contributed by atoms with Crippen LogP contribution in [0.2, 0.25) is 0 Å². The molecule has 0 saturated carbocycles. The van der Waals surface area contributed by atoms with Crippen molar-refractivity contribution in [2.75, 3.05) is 6.61 Å². The Kier molecular flexibility index (Phi) is 12.6. The van der Waals surface area contributed by atoms with Gasteiger partial charge < -0.3 is 9.53 Å². The maximum absolute atomic E-state index is 10.3. The van der Waals surface area contributed by atoms with Crippen molar-refractivity contribution < 1.29 is 14.3 Å². The Bertz CT molecular complexity index is 141. The normalized spacial score (nSPS) is 8.31. The third kappa shape index (κ3) is 18.3. The number of hydrogen-bond acceptors (Lipinski definition) is 3. The van der Waals surface area contributed by atoms with Crippen molar-refractivity contribution in [1.82, 2.24) is 0 Å². The fourth-order valence-electron chi connectivity index (χ4n) is 0.318. The zero-order chi connectivity index (χ0) is 10.7. The second-order valence-electron chi connectivity index (χ2n) is 2.63. The molecule has 0 aliphatic carbocycles. The maximum Gasteiger partial charge on any atom is 0.305 e. The van der Waals surface area contributed by atoms with Crippen LogP contribution in [0.1, 0.15) is 47.0 Å². The summed E-state index contributed by atoms with van der Waals surface area (Å²) in [5, 5.41) is 0. The van der Waals surface area contributed by atoms with E-state index >= 15 is 0 Å². The summed E-state index contributed by atoms with van der Waals surface area (Å²) in [6.45, 7) is 7.76. The Morgan fingerprint density at radius 3 is 1.77 bits per heavy atom. The highest BCUT2D eigenvalue weighted by atomic mass is 16.5. The van der Waals surface area contributed by atoms with E-state index < -0.39 is 0 Å². The van der Waals surface area contributed by atoms with Crippen LogP contribution in [-0.4, -0.2) is 18.4 Å². The predicted molar refractivity (Wildman–Crippen MR) is 52.5 cm³/mol. The lowest BCUT2D eigenvalue weighted by molar-refractivity contribution is -0.143. The van der Waals surface area contributed by atoms with Crippen LogP contribution in [0.15, 0.2) is 0 Å². The highest BCUT2D eigenvalue weighted by molar-refractivity contribution is 5.74. The Morgan fingerprint density at radius 1 is 1.08 bits per heavy atom. The lowest BCUT2D eigenvalue weighted by atomic mass is 10.4. The van der Waals surface area contributed by atoms with Crippen LogP contribution < -0.4 is 0 Å². The minimum Gasteiger partial charge on any atom is -0.466 e. The van der Waals surface area contributed by atoms with Crippen molar-refractivity contribution in [3.63, 3.8) is 0 Å². The molecule has 0 unspecified atom stereocenters. The van der Waals surface area contributed by atoms with Gasteiger partial charge in [0.1, 0.15) is 5.78 Å². The van der Waals surface area contributed by atoms with Gasteiger partial charge in [-0.2, -0.15) is 0 Å². The monoisotopic (exact) mass is 188 g/mol. The van der Waals surface area contributed by atoms with Crippen molar-refractivity contribution in [2.24, 2.45) is 0 Å². The summed E-state index contributed by atoms with van der Waals surface area (Å²) in [5.74, 6) is 0.150. The number of ketones is 1. The minimum atomic E-state index is -0.105. The van der Waals surface area contributed by atoms with E-state index in [0.29, 0.717) is 19.4 Å². The van der Waals surface area contributed by atoms with Crippen molar-refractivity contribution in [3.8, 4) is 0 Å². The molecule has 13 heavy (non-hydrogen) atoms. The van der Waals surface area contributed by atoms with Gasteiger partial charge in [-0.3, -0.25) is 4.79 Å². The summed E-state index contributed by atoms with van der Waals surface area (Å²) >= 11 is 0. The molecule has 0 amide bonds. The molecule has 0 fully saturated rings. The molecule has 0 saturated heterocycles. The molecule has 0 aromatic carbocycles. The summed E-state index contributed by atoms with van der Waals surface area (Å²) in [6, 6.07) is 0. The quantitative estimate of drug-likeness (QED) is 0.636. The Morgan fingerprint density at radius 2 is 1.54 bits per heavy atom. The fourth-order valence-corrected chi connectivity index (χ4v) is 0.318. The van der Waals surface area contributed by atoms with Crippen molar-refractivity contribution >= 4 is 11.8 Å². The van der Waals surface area contributed by atoms with Crippen molar-refractivity contribution in [1.29, 1.82) is 0 Å². The largest absolute Gasteiger partial charge is 0.466 e. The van der Waals surface area contributed by atoms with Gasteiger partial charge in [0.25, 0.3) is 0 Å². The molecule has 0 spiro atoms. The van der Waals surface area contributed by atoms with Gasteiger partial charge in [0.05, 0.1) is 6.61 Å². The van der Waals surface area contributed by atoms with E-state index in [4.69, 9.17) is 4.74 Å². The van der Waals surface area contributed by atoms with Gasteiger partial charge in [-0.25, -0.2) is 0 Å². The summed E-state index contributed by atoms with van der Waals surface area (Å²) in [7, 11) is 0. The molecule has 3 nitrogen and oxygen atoms in total. The Labute approximate surface area is 80.5 Å². The molecular formula is C10H20O3. The first-order valence-corrected chi connectivity index (χ1v) is 4.73. The highest BCUT2D eigenvalue weighted by Gasteiger charge is 1.93. The number of Topliss-reactive ketones (excluding diaryl/α,β-unsaturated/α-hetero) is 1. The van der Waals surface area contributed by atoms with E-state index in [9.17, 15) is 9.59 Å². The van der Waals surface area contributed by atoms with E-state index in [0.717, 1.165) is 6.42 Å². The van der Waals surface area contributed by atoms with E-state index in [1.54, 1.807) is 13.8 Å². The zero-order valence-electron chi connectivity index (χ0n) is 9.05. The molecule has 0 bridgehead atoms. The average molecular weight is 188 g/mol. The third-order valence-electron chi connectivity index (χ3n) is 1.25. The molecule has 0 aliphatic heterocycles. The average Bonchev–Trinajstić information content (AvgIpc) is 2.15. The van der Waals surface area contributed by atoms with Crippen LogP contribution in [0.25, 0.3) is 0 Å². The van der Waals surface area contributed by atoms with Gasteiger partial charge in [-0.15, -0.1) is 0 Å². The molecular weight excluding hydrogens is 168 g/mol. The SMILES string of the molecule is CCC(C)=O.CCCOC(=O)CC. The smallest absolute Gasteiger partial charge is 0.305 e. The van der Waals surface area contributed by atoms with Crippen LogP contribution in [0, 0.1) is 0 Å². The van der Waals surface area contributed by atoms with Gasteiger partial charge in [0.15, 0.2) is 0 Å². The van der Waals surface area contributed by atoms with Crippen LogP contribution in [0.4, 0.5) is 0 Å². The fraction of sp³-hybridized carbons (Fsp3) is 0.800. The molecule has 0 atom stereocenters. The van der Waals surface area contributed by atoms with Crippen LogP contribution in [-0.2, 0) is 14.3 Å². The van der Waals surface area contributed by atoms with Crippen molar-refractivity contribution in [2.45, 2.75) is 47.0 Å². The molecule has 0 rings (SSSR count). The number of carbonyl (C=O) groups excluding carboxylic acids is 2. The number of esters is 1. The summed E-state index contributed by atoms with van der Waals surface area (Å²) in [4.78, 5) is 20.2. The summed E-state index contributed by atoms with van der Waals surface area (Å²) < 4.78 is 4.70. The van der Waals surface area contributed by atoms with Gasteiger partial charge in [-0.05, 0) is 13.3 Å². The first-order valence-electron chi connectivity index (χ1n) is 4.73. The maximum atomic E-state index is 10.3. The van der Waals surface area contributed by atoms with Gasteiger partial charge in [0, 0.05) is 12.8 Å². The number of ether oxygens (including phenoxy) is 1. The minimum absolute atomic E-state index is 0.105. The van der Waals surface area contributed by atoms with Gasteiger partial charge >= 0.3 is 5.97 Å². The molecule has 0 heterocycles. The van der Waals surface area contributed by atoms with Crippen LogP contribution in [0.3, 0.4) is 0 Å². The van der Waals surface area contributed by atoms with Gasteiger partial charge in [0.2, 0.25) is 0 Å². The standard InChI is InChI=1S/C6H12O2.C4H8O/c1-3-5-8-6(7)4-2;1-3-4(2)5/h3-5H2,1-2H3;3H2,1-2H3. The van der Waals surface area contributed by atoms with Crippen LogP contribution >= 0.6 is 0 Å². The topological polar surface area (TPSA) is 43.4 Å². The predicted octanol–water partition coefficient (Wildman–Crippen LogP) is 2.33. The van der Waals surface area contributed by atoms with E-state index in [2.05, 4.69) is 0 Å². The van der Waals surface area contributed by atoms with E-state index in [1.165, 1.54) is 0 Å². The second kappa shape index (κ2) is 11.1. The summed E-state index contributed by atoms with van der Waals surface area (Å²) in [6.07, 6.45) is 2.06. The van der Waals surface area contributed by atoms with E-state index in [-0.39, 0.29) is 11.8 Å². The van der Waals surface area contributed by atoms with Crippen LogP contribution in [0.5, 0.6) is 0 Å². The summed E-state index contributed by atoms with van der Waals surface area (Å²) in [5.41, 5.74) is 0. The second-order valence-corrected chi connectivity index (χ2v) is 2.63. The number of carbonyl (C=O) groups is 2. The Hall–Kier alpha value is -0.860. The lowest BCUT2D eigenvalue weighted by Crippen LogP contribution is -2.02. The zero-order valence-corrected chi connectivity index (χ0v) is 9.05. The third-order valence-corrected chi connectivity index (χ3v) is 1.25. The molecule has 0 aromatic rings. The first kappa shape index (κ1) is 14.7. The number of hydrogen-bond donors (Lipinski definition) is 0. The first-order chi connectivity index (χ1) is 6.08. The highest BCUT2D eigenvalue weighted by Crippen LogP contribution is 1.85. The van der Waals surface area contributed by atoms with Crippen molar-refractivity contribution in [3.05, 3.63) is 0 Å². The van der Waals surface area contributed by atoms with Gasteiger partial charge in [-0.1, -0.05) is 20.8 Å². The molecule has 3 heteroatoms.